The van der Waals surface area contributed by atoms with Gasteiger partial charge in [0.2, 0.25) is 11.9 Å². The Morgan fingerprint density at radius 1 is 0.613 bits per heavy atom. The maximum Gasteiger partial charge on any atom is 0.414 e. The minimum atomic E-state index is -0.824. The van der Waals surface area contributed by atoms with E-state index in [0.29, 0.717) is 80.7 Å². The fourth-order valence-electron chi connectivity index (χ4n) is 10.7. The van der Waals surface area contributed by atoms with Gasteiger partial charge in [0, 0.05) is 71.9 Å². The molecule has 4 aliphatic heterocycles. The number of para-hydroxylation sites is 2. The number of amides is 3. The third-order valence-electron chi connectivity index (χ3n) is 13.7. The number of piperidine rings is 2. The second kappa shape index (κ2) is 16.3. The molecule has 12 heteroatoms. The van der Waals surface area contributed by atoms with E-state index in [-0.39, 0.29) is 53.3 Å². The summed E-state index contributed by atoms with van der Waals surface area (Å²) in [6.45, 7) is 2.28. The number of cyclic esters (lactones) is 2. The number of quaternary nitrogens is 1. The number of ether oxygens (including phenoxy) is 2. The van der Waals surface area contributed by atoms with Gasteiger partial charge >= 0.3 is 12.2 Å². The van der Waals surface area contributed by atoms with E-state index < -0.39 is 18.3 Å². The molecule has 2 unspecified atom stereocenters. The number of Topliss-reactive ketones (excluding diaryl/α,β-unsaturated/α-hetero) is 1. The number of carbonyl (C=O) groups excluding carboxylic acids is 5. The Hall–Kier alpha value is -6.63. The number of benzene rings is 5. The van der Waals surface area contributed by atoms with Crippen LogP contribution in [0.3, 0.4) is 0 Å². The number of carbonyl (C=O) groups is 5. The van der Waals surface area contributed by atoms with Gasteiger partial charge in [-0.05, 0) is 42.7 Å². The highest BCUT2D eigenvalue weighted by Gasteiger charge is 2.58. The number of anilines is 3. The van der Waals surface area contributed by atoms with Crippen molar-refractivity contribution in [3.8, 4) is 0 Å². The molecule has 5 aromatic carbocycles. The molecule has 2 fully saturated rings. The fourth-order valence-corrected chi connectivity index (χ4v) is 10.7. The first-order chi connectivity index (χ1) is 30.3. The lowest BCUT2D eigenvalue weighted by atomic mass is 9.92. The van der Waals surface area contributed by atoms with Crippen molar-refractivity contribution in [3.05, 3.63) is 161 Å². The van der Waals surface area contributed by atoms with Crippen LogP contribution in [0.5, 0.6) is 0 Å². The van der Waals surface area contributed by atoms with Gasteiger partial charge in [-0.25, -0.2) is 14.5 Å². The van der Waals surface area contributed by atoms with Crippen molar-refractivity contribution in [2.75, 3.05) is 41.3 Å². The van der Waals surface area contributed by atoms with Crippen LogP contribution in [0.1, 0.15) is 68.7 Å². The van der Waals surface area contributed by atoms with Crippen molar-refractivity contribution in [2.24, 2.45) is 0 Å². The smallest absolute Gasteiger partial charge is 0.414 e. The van der Waals surface area contributed by atoms with Crippen molar-refractivity contribution >= 4 is 46.7 Å². The summed E-state index contributed by atoms with van der Waals surface area (Å²) in [4.78, 5) is 76.4. The van der Waals surface area contributed by atoms with Gasteiger partial charge in [-0.15, -0.1) is 0 Å². The van der Waals surface area contributed by atoms with Crippen molar-refractivity contribution < 1.29 is 37.9 Å². The van der Waals surface area contributed by atoms with Crippen LogP contribution in [0, 0.1) is 0 Å². The monoisotopic (exact) mass is 830 g/mol. The zero-order valence-electron chi connectivity index (χ0n) is 34.4. The maximum atomic E-state index is 15.5. The maximum absolute atomic E-state index is 15.5. The van der Waals surface area contributed by atoms with E-state index >= 15 is 4.79 Å². The average Bonchev–Trinajstić information content (AvgIpc) is 3.66. The summed E-state index contributed by atoms with van der Waals surface area (Å²) in [5, 5.41) is 3.23. The molecule has 62 heavy (non-hydrogen) atoms. The topological polar surface area (TPSA) is 126 Å². The molecule has 4 heterocycles. The van der Waals surface area contributed by atoms with Crippen molar-refractivity contribution in [2.45, 2.75) is 69.6 Å². The normalized spacial score (nSPS) is 23.1. The first-order valence-electron chi connectivity index (χ1n) is 21.6. The first kappa shape index (κ1) is 39.5. The summed E-state index contributed by atoms with van der Waals surface area (Å²) >= 11 is 0. The van der Waals surface area contributed by atoms with Crippen LogP contribution in [-0.4, -0.2) is 89.5 Å². The summed E-state index contributed by atoms with van der Waals surface area (Å²) < 4.78 is 11.5. The zero-order chi connectivity index (χ0) is 42.4. The molecule has 5 aromatic rings. The molecule has 5 aliphatic rings. The number of ketones is 2. The molecule has 0 saturated carbocycles. The number of nitrogens with zero attached hydrogens (tertiary/aromatic N) is 4. The predicted octanol–water partition coefficient (Wildman–Crippen LogP) is 7.75. The van der Waals surface area contributed by atoms with Crippen molar-refractivity contribution in [1.29, 1.82) is 0 Å². The third kappa shape index (κ3) is 7.02. The lowest BCUT2D eigenvalue weighted by Crippen LogP contribution is -2.75. The molecule has 2 atom stereocenters. The second-order valence-corrected chi connectivity index (χ2v) is 17.0. The third-order valence-corrected chi connectivity index (χ3v) is 13.7. The Balaban J connectivity index is 1.01. The van der Waals surface area contributed by atoms with E-state index in [9.17, 15) is 19.2 Å². The summed E-state index contributed by atoms with van der Waals surface area (Å²) in [6.07, 6.45) is 1.10. The van der Waals surface area contributed by atoms with E-state index in [4.69, 9.17) is 9.47 Å². The van der Waals surface area contributed by atoms with Gasteiger partial charge < -0.3 is 14.8 Å². The van der Waals surface area contributed by atoms with Gasteiger partial charge in [0.25, 0.3) is 5.91 Å². The molecule has 1 aliphatic carbocycles. The number of likely N-dealkylation sites (tertiary alicyclic amines) is 2. The number of hydrogen-bond donors (Lipinski definition) is 1. The van der Waals surface area contributed by atoms with Gasteiger partial charge in [0.1, 0.15) is 13.2 Å². The minimum Gasteiger partial charge on any atom is -0.444 e. The molecule has 2 saturated heterocycles. The molecule has 12 nitrogen and oxygen atoms in total. The van der Waals surface area contributed by atoms with Crippen molar-refractivity contribution in [1.82, 2.24) is 4.90 Å². The molecule has 0 radical (unpaired) electrons. The van der Waals surface area contributed by atoms with Crippen LogP contribution in [0.4, 0.5) is 26.7 Å². The highest BCUT2D eigenvalue weighted by atomic mass is 16.6. The number of hydrogen-bond acceptors (Lipinski definition) is 8. The highest BCUT2D eigenvalue weighted by Crippen LogP contribution is 2.41. The lowest BCUT2D eigenvalue weighted by Gasteiger charge is -2.55. The Morgan fingerprint density at radius 2 is 1.16 bits per heavy atom. The summed E-state index contributed by atoms with van der Waals surface area (Å²) in [6, 6.07) is 38.4. The molecule has 3 amide bonds. The minimum absolute atomic E-state index is 0.0117. The van der Waals surface area contributed by atoms with Gasteiger partial charge in [-0.2, -0.15) is 0 Å². The molecule has 10 rings (SSSR count). The van der Waals surface area contributed by atoms with Crippen LogP contribution >= 0.6 is 0 Å². The van der Waals surface area contributed by atoms with E-state index in [1.165, 1.54) is 0 Å². The highest BCUT2D eigenvalue weighted by molar-refractivity contribution is 6.10. The van der Waals surface area contributed by atoms with Gasteiger partial charge in [0.05, 0.1) is 30.5 Å². The SMILES string of the molecule is O=C(c1ccccc1)c1cccc(NC(=O)C(N2CCC(N3C(=O)OCc4ccccc43)CC2)[N+]2(C3Cc4ccccc4C3=O)CCC(N3C(=O)OCc4ccccc43)CC2)c1. The van der Waals surface area contributed by atoms with E-state index in [1.807, 2.05) is 91.0 Å². The van der Waals surface area contributed by atoms with Crippen LogP contribution in [0.2, 0.25) is 0 Å². The van der Waals surface area contributed by atoms with Gasteiger partial charge in [0.15, 0.2) is 11.8 Å². The number of rotatable bonds is 9. The van der Waals surface area contributed by atoms with E-state index in [1.54, 1.807) is 46.2 Å². The van der Waals surface area contributed by atoms with Gasteiger partial charge in [-0.1, -0.05) is 103 Å². The summed E-state index contributed by atoms with van der Waals surface area (Å²) in [5.74, 6) is -0.422. The standard InChI is InChI=1S/C50H47N5O7/c56-45(33-11-2-1-3-12-33)35-16-10-17-38(29-35)51-47(58)48(52-25-21-39(22-26-52)53-42-19-8-5-14-36(42)31-61-49(53)59)55(44-30-34-13-4-7-18-41(34)46(44)57)27-23-40(24-28-55)54-43-20-9-6-15-37(43)32-62-50(54)60/h1-20,29,39-40,44,48H,21-28,30-32H2/p+1. The average molecular weight is 831 g/mol. The molecule has 0 aromatic heterocycles. The van der Waals surface area contributed by atoms with Crippen LogP contribution in [0.25, 0.3) is 0 Å². The van der Waals surface area contributed by atoms with E-state index in [0.717, 1.165) is 28.1 Å². The Kier molecular flexibility index (Phi) is 10.4. The van der Waals surface area contributed by atoms with Gasteiger partial charge in [-0.3, -0.25) is 28.7 Å². The predicted molar refractivity (Wildman–Crippen MR) is 233 cm³/mol. The number of fused-ring (bicyclic) bond motifs is 3. The fraction of sp³-hybridized carbons (Fsp3) is 0.300. The Bertz CT molecular complexity index is 2560. The van der Waals surface area contributed by atoms with E-state index in [2.05, 4.69) is 10.2 Å². The zero-order valence-corrected chi connectivity index (χ0v) is 34.4. The van der Waals surface area contributed by atoms with Crippen LogP contribution in [0.15, 0.2) is 127 Å². The summed E-state index contributed by atoms with van der Waals surface area (Å²) in [7, 11) is 0. The summed E-state index contributed by atoms with van der Waals surface area (Å²) in [5.41, 5.74) is 6.67. The Morgan fingerprint density at radius 3 is 1.79 bits per heavy atom. The first-order valence-corrected chi connectivity index (χ1v) is 21.6. The van der Waals surface area contributed by atoms with Crippen LogP contribution in [-0.2, 0) is 33.9 Å². The quantitative estimate of drug-likeness (QED) is 0.118. The largest absolute Gasteiger partial charge is 0.444 e. The molecule has 0 bridgehead atoms. The molecule has 0 spiro atoms. The molecular weight excluding hydrogens is 783 g/mol. The molecular formula is C50H48N5O7+. The lowest BCUT2D eigenvalue weighted by molar-refractivity contribution is -0.970. The second-order valence-electron chi connectivity index (χ2n) is 17.0. The number of nitrogens with one attached hydrogen (secondary N) is 1. The Labute approximate surface area is 360 Å². The van der Waals surface area contributed by atoms with Crippen LogP contribution < -0.4 is 15.1 Å². The molecule has 314 valence electrons. The molecule has 1 N–H and O–H groups in total. The van der Waals surface area contributed by atoms with Crippen molar-refractivity contribution in [3.63, 3.8) is 0 Å².